The molecular weight excluding hydrogens is 330 g/mol. The summed E-state index contributed by atoms with van der Waals surface area (Å²) in [6.45, 7) is 4.03. The molecule has 0 atom stereocenters. The molecule has 0 aromatic carbocycles. The van der Waals surface area contributed by atoms with Gasteiger partial charge in [0.05, 0.1) is 35.3 Å². The number of aromatic nitrogens is 4. The van der Waals surface area contributed by atoms with E-state index in [1.165, 1.54) is 0 Å². The van der Waals surface area contributed by atoms with E-state index in [9.17, 15) is 4.79 Å². The highest BCUT2D eigenvalue weighted by atomic mass is 16.3. The van der Waals surface area contributed by atoms with Gasteiger partial charge in [0.1, 0.15) is 5.69 Å². The lowest BCUT2D eigenvalue weighted by Crippen LogP contribution is -2.13. The Morgan fingerprint density at radius 3 is 2.81 bits per heavy atom. The average Bonchev–Trinajstić information content (AvgIpc) is 3.31. The summed E-state index contributed by atoms with van der Waals surface area (Å²) in [5.41, 5.74) is 2.34. The van der Waals surface area contributed by atoms with Crippen LogP contribution in [0.1, 0.15) is 30.2 Å². The summed E-state index contributed by atoms with van der Waals surface area (Å²) in [7, 11) is 0. The number of rotatable bonds is 4. The van der Waals surface area contributed by atoms with E-state index in [0.29, 0.717) is 33.7 Å². The quantitative estimate of drug-likeness (QED) is 0.605. The van der Waals surface area contributed by atoms with Crippen LogP contribution in [0.15, 0.2) is 59.6 Å². The third-order valence-electron chi connectivity index (χ3n) is 3.99. The first kappa shape index (κ1) is 16.0. The van der Waals surface area contributed by atoms with Gasteiger partial charge in [0.25, 0.3) is 5.91 Å². The minimum Gasteiger partial charge on any atom is -0.463 e. The second-order valence-corrected chi connectivity index (χ2v) is 6.15. The van der Waals surface area contributed by atoms with Crippen LogP contribution in [0.2, 0.25) is 0 Å². The number of hydrogen-bond donors (Lipinski definition) is 1. The molecule has 130 valence electrons. The third kappa shape index (κ3) is 2.83. The van der Waals surface area contributed by atoms with Crippen molar-refractivity contribution in [3.63, 3.8) is 0 Å². The fourth-order valence-corrected chi connectivity index (χ4v) is 2.77. The monoisotopic (exact) mass is 347 g/mol. The van der Waals surface area contributed by atoms with E-state index in [1.807, 2.05) is 19.9 Å². The standard InChI is InChI=1S/C19H17N5O2/c1-12(2)24-18-15(11-21-24)14(9-16(23-18)17-6-4-8-26-17)19(25)22-13-5-3-7-20-10-13/h3-12H,1-2H3,(H,22,25). The van der Waals surface area contributed by atoms with Crippen LogP contribution in [0.25, 0.3) is 22.5 Å². The molecule has 0 saturated carbocycles. The van der Waals surface area contributed by atoms with Crippen molar-refractivity contribution in [3.8, 4) is 11.5 Å². The molecule has 0 radical (unpaired) electrons. The lowest BCUT2D eigenvalue weighted by molar-refractivity contribution is 0.102. The number of carbonyl (C=O) groups is 1. The topological polar surface area (TPSA) is 85.8 Å². The Morgan fingerprint density at radius 1 is 1.23 bits per heavy atom. The SMILES string of the molecule is CC(C)n1ncc2c(C(=O)Nc3cccnc3)cc(-c3ccco3)nc21. The molecule has 0 aliphatic rings. The van der Waals surface area contributed by atoms with Gasteiger partial charge in [-0.3, -0.25) is 9.78 Å². The molecule has 4 aromatic rings. The second kappa shape index (κ2) is 6.44. The van der Waals surface area contributed by atoms with Crippen LogP contribution in [-0.4, -0.2) is 25.7 Å². The Hall–Kier alpha value is -3.48. The van der Waals surface area contributed by atoms with Crippen molar-refractivity contribution in [3.05, 3.63) is 60.7 Å². The molecule has 4 heterocycles. The minimum atomic E-state index is -0.249. The second-order valence-electron chi connectivity index (χ2n) is 6.15. The van der Waals surface area contributed by atoms with Gasteiger partial charge in [-0.1, -0.05) is 0 Å². The third-order valence-corrected chi connectivity index (χ3v) is 3.99. The highest BCUT2D eigenvalue weighted by Crippen LogP contribution is 2.27. The van der Waals surface area contributed by atoms with Crippen LogP contribution in [0.5, 0.6) is 0 Å². The maximum Gasteiger partial charge on any atom is 0.256 e. The molecule has 0 fully saturated rings. The Bertz CT molecular complexity index is 1050. The maximum absolute atomic E-state index is 12.9. The number of hydrogen-bond acceptors (Lipinski definition) is 5. The fraction of sp³-hybridized carbons (Fsp3) is 0.158. The molecule has 0 unspecified atom stereocenters. The lowest BCUT2D eigenvalue weighted by Gasteiger charge is -2.10. The molecule has 1 amide bonds. The minimum absolute atomic E-state index is 0.112. The molecule has 7 nitrogen and oxygen atoms in total. The van der Waals surface area contributed by atoms with Crippen molar-refractivity contribution < 1.29 is 9.21 Å². The van der Waals surface area contributed by atoms with Gasteiger partial charge in [0.15, 0.2) is 11.4 Å². The van der Waals surface area contributed by atoms with Crippen molar-refractivity contribution in [2.75, 3.05) is 5.32 Å². The van der Waals surface area contributed by atoms with Gasteiger partial charge in [-0.15, -0.1) is 0 Å². The zero-order valence-electron chi connectivity index (χ0n) is 14.4. The van der Waals surface area contributed by atoms with Gasteiger partial charge in [0.2, 0.25) is 0 Å². The summed E-state index contributed by atoms with van der Waals surface area (Å²) in [4.78, 5) is 21.6. The maximum atomic E-state index is 12.9. The van der Waals surface area contributed by atoms with Crippen LogP contribution in [0.4, 0.5) is 5.69 Å². The highest BCUT2D eigenvalue weighted by molar-refractivity contribution is 6.12. The number of carbonyl (C=O) groups excluding carboxylic acids is 1. The zero-order valence-corrected chi connectivity index (χ0v) is 14.4. The number of anilines is 1. The summed E-state index contributed by atoms with van der Waals surface area (Å²) in [6, 6.07) is 8.99. The Labute approximate surface area is 149 Å². The van der Waals surface area contributed by atoms with Gasteiger partial charge in [-0.05, 0) is 44.2 Å². The van der Waals surface area contributed by atoms with Crippen LogP contribution in [-0.2, 0) is 0 Å². The number of amides is 1. The smallest absolute Gasteiger partial charge is 0.256 e. The molecule has 0 aliphatic carbocycles. The van der Waals surface area contributed by atoms with Crippen molar-refractivity contribution in [2.24, 2.45) is 0 Å². The largest absolute Gasteiger partial charge is 0.463 e. The molecule has 7 heteroatoms. The zero-order chi connectivity index (χ0) is 18.1. The van der Waals surface area contributed by atoms with Crippen LogP contribution >= 0.6 is 0 Å². The molecule has 4 aromatic heterocycles. The van der Waals surface area contributed by atoms with E-state index in [2.05, 4.69) is 20.4 Å². The molecule has 1 N–H and O–H groups in total. The number of furan rings is 1. The van der Waals surface area contributed by atoms with E-state index in [1.54, 1.807) is 53.8 Å². The normalized spacial score (nSPS) is 11.2. The first-order chi connectivity index (χ1) is 12.6. The molecule has 26 heavy (non-hydrogen) atoms. The number of fused-ring (bicyclic) bond motifs is 1. The van der Waals surface area contributed by atoms with E-state index in [-0.39, 0.29) is 11.9 Å². The van der Waals surface area contributed by atoms with E-state index in [0.717, 1.165) is 0 Å². The first-order valence-electron chi connectivity index (χ1n) is 8.27. The number of nitrogens with one attached hydrogen (secondary N) is 1. The molecule has 0 saturated heterocycles. The number of nitrogens with zero attached hydrogens (tertiary/aromatic N) is 4. The summed E-state index contributed by atoms with van der Waals surface area (Å²) in [5, 5.41) is 7.95. The van der Waals surface area contributed by atoms with Gasteiger partial charge in [0, 0.05) is 12.2 Å². The van der Waals surface area contributed by atoms with Gasteiger partial charge >= 0.3 is 0 Å². The fourth-order valence-electron chi connectivity index (χ4n) is 2.77. The summed E-state index contributed by atoms with van der Waals surface area (Å²) in [6.07, 6.45) is 6.51. The Kier molecular flexibility index (Phi) is 3.96. The molecule has 0 aliphatic heterocycles. The molecule has 0 spiro atoms. The van der Waals surface area contributed by atoms with Crippen LogP contribution in [0, 0.1) is 0 Å². The van der Waals surface area contributed by atoms with Gasteiger partial charge in [-0.2, -0.15) is 5.10 Å². The van der Waals surface area contributed by atoms with Gasteiger partial charge in [-0.25, -0.2) is 9.67 Å². The predicted octanol–water partition coefficient (Wildman–Crippen LogP) is 3.92. The van der Waals surface area contributed by atoms with E-state index >= 15 is 0 Å². The van der Waals surface area contributed by atoms with Crippen LogP contribution < -0.4 is 5.32 Å². The Balaban J connectivity index is 1.85. The van der Waals surface area contributed by atoms with Crippen molar-refractivity contribution >= 4 is 22.6 Å². The van der Waals surface area contributed by atoms with Crippen LogP contribution in [0.3, 0.4) is 0 Å². The summed E-state index contributed by atoms with van der Waals surface area (Å²) in [5.74, 6) is 0.348. The van der Waals surface area contributed by atoms with Crippen molar-refractivity contribution in [1.29, 1.82) is 0 Å². The molecule has 4 rings (SSSR count). The first-order valence-corrected chi connectivity index (χ1v) is 8.27. The van der Waals surface area contributed by atoms with E-state index in [4.69, 9.17) is 4.42 Å². The van der Waals surface area contributed by atoms with Crippen molar-refractivity contribution in [2.45, 2.75) is 19.9 Å². The van der Waals surface area contributed by atoms with E-state index < -0.39 is 0 Å². The molecule has 0 bridgehead atoms. The Morgan fingerprint density at radius 2 is 2.12 bits per heavy atom. The lowest BCUT2D eigenvalue weighted by atomic mass is 10.1. The predicted molar refractivity (Wildman–Crippen MR) is 97.8 cm³/mol. The average molecular weight is 347 g/mol. The van der Waals surface area contributed by atoms with Crippen molar-refractivity contribution in [1.82, 2.24) is 19.7 Å². The number of pyridine rings is 2. The van der Waals surface area contributed by atoms with Gasteiger partial charge < -0.3 is 9.73 Å². The summed E-state index contributed by atoms with van der Waals surface area (Å²) >= 11 is 0. The highest BCUT2D eigenvalue weighted by Gasteiger charge is 2.19. The summed E-state index contributed by atoms with van der Waals surface area (Å²) < 4.78 is 7.26. The molecular formula is C19H17N5O2.